The van der Waals surface area contributed by atoms with E-state index in [0.29, 0.717) is 33.9 Å². The van der Waals surface area contributed by atoms with E-state index in [1.807, 2.05) is 12.1 Å². The normalized spacial score (nSPS) is 11.3. The van der Waals surface area contributed by atoms with Crippen molar-refractivity contribution in [2.45, 2.75) is 0 Å². The molecular weight excluding hydrogens is 502 g/mol. The van der Waals surface area contributed by atoms with Crippen LogP contribution < -0.4 is 20.9 Å². The number of hydrogen-bond donors (Lipinski definition) is 2. The summed E-state index contributed by atoms with van der Waals surface area (Å²) in [6.07, 6.45) is 3.23. The number of benzene rings is 2. The van der Waals surface area contributed by atoms with Gasteiger partial charge in [0.05, 0.1) is 20.4 Å². The summed E-state index contributed by atoms with van der Waals surface area (Å²) < 4.78 is 41.9. The summed E-state index contributed by atoms with van der Waals surface area (Å²) in [6.45, 7) is 0. The summed E-state index contributed by atoms with van der Waals surface area (Å²) in [6, 6.07) is 15.8. The van der Waals surface area contributed by atoms with Crippen molar-refractivity contribution in [2.24, 2.45) is 0 Å². The van der Waals surface area contributed by atoms with Gasteiger partial charge < -0.3 is 20.9 Å². The molecule has 0 fully saturated rings. The van der Waals surface area contributed by atoms with Crippen molar-refractivity contribution >= 4 is 54.5 Å². The molecule has 0 saturated carbocycles. The Morgan fingerprint density at radius 2 is 1.03 bits per heavy atom. The summed E-state index contributed by atoms with van der Waals surface area (Å²) in [7, 11) is 0. The first-order valence-corrected chi connectivity index (χ1v) is 12.3. The van der Waals surface area contributed by atoms with Gasteiger partial charge in [0.25, 0.3) is 0 Å². The van der Waals surface area contributed by atoms with E-state index in [0.717, 1.165) is 19.2 Å². The fourth-order valence-electron chi connectivity index (χ4n) is 3.67. The maximum atomic E-state index is 14.3. The van der Waals surface area contributed by atoms with Crippen LogP contribution in [0, 0.1) is 11.6 Å². The number of nitrogen functional groups attached to an aromatic ring is 2. The predicted molar refractivity (Wildman–Crippen MR) is 140 cm³/mol. The Morgan fingerprint density at radius 1 is 0.583 bits per heavy atom. The van der Waals surface area contributed by atoms with Gasteiger partial charge in [0.1, 0.15) is 11.5 Å². The number of aromatic nitrogens is 2. The van der Waals surface area contributed by atoms with Gasteiger partial charge in [-0.1, -0.05) is 0 Å². The Labute approximate surface area is 211 Å². The van der Waals surface area contributed by atoms with E-state index >= 15 is 0 Å². The third-order valence-electron chi connectivity index (χ3n) is 5.35. The average Bonchev–Trinajstić information content (AvgIpc) is 3.48. The second kappa shape index (κ2) is 8.74. The van der Waals surface area contributed by atoms with Crippen molar-refractivity contribution < 1.29 is 18.3 Å². The second-order valence-electron chi connectivity index (χ2n) is 7.85. The first-order chi connectivity index (χ1) is 17.4. The van der Waals surface area contributed by atoms with E-state index < -0.39 is 11.6 Å². The van der Waals surface area contributed by atoms with Gasteiger partial charge in [0, 0.05) is 57.8 Å². The molecule has 2 aromatic carbocycles. The highest BCUT2D eigenvalue weighted by atomic mass is 32.1. The summed E-state index contributed by atoms with van der Waals surface area (Å²) in [5, 5.41) is 0. The molecule has 4 heterocycles. The molecule has 178 valence electrons. The number of nitrogens with two attached hydrogens (primary N) is 2. The molecule has 10 heteroatoms. The van der Waals surface area contributed by atoms with E-state index in [-0.39, 0.29) is 11.5 Å². The molecule has 0 aliphatic heterocycles. The number of hydrogen-bond acceptors (Lipinski definition) is 8. The van der Waals surface area contributed by atoms with E-state index in [1.165, 1.54) is 46.9 Å². The number of pyridine rings is 2. The molecule has 6 nitrogen and oxygen atoms in total. The van der Waals surface area contributed by atoms with Crippen LogP contribution >= 0.6 is 22.7 Å². The molecule has 0 aliphatic rings. The molecule has 36 heavy (non-hydrogen) atoms. The Morgan fingerprint density at radius 3 is 1.44 bits per heavy atom. The topological polar surface area (TPSA) is 96.3 Å². The lowest BCUT2D eigenvalue weighted by molar-refractivity contribution is 0.447. The number of nitrogens with zero attached hydrogens (tertiary/aromatic N) is 2. The molecule has 0 atom stereocenters. The lowest BCUT2D eigenvalue weighted by atomic mass is 10.3. The monoisotopic (exact) mass is 518 g/mol. The maximum Gasteiger partial charge on any atom is 0.167 e. The van der Waals surface area contributed by atoms with Crippen LogP contribution in [0.3, 0.4) is 0 Å². The Balaban J connectivity index is 1.37. The zero-order valence-corrected chi connectivity index (χ0v) is 20.0. The molecule has 4 aromatic heterocycles. The molecular formula is C26H16F2N4O2S2. The van der Waals surface area contributed by atoms with E-state index in [1.54, 1.807) is 36.7 Å². The number of ether oxygens (including phenoxy) is 2. The van der Waals surface area contributed by atoms with E-state index in [9.17, 15) is 8.78 Å². The van der Waals surface area contributed by atoms with Crippen LogP contribution in [0.15, 0.2) is 73.1 Å². The minimum absolute atomic E-state index is 0.0782. The molecule has 6 aromatic rings. The first-order valence-electron chi connectivity index (χ1n) is 10.7. The van der Waals surface area contributed by atoms with E-state index in [4.69, 9.17) is 20.9 Å². The van der Waals surface area contributed by atoms with Crippen LogP contribution in [-0.2, 0) is 0 Å². The quantitative estimate of drug-likeness (QED) is 0.228. The Bertz CT molecular complexity index is 1640. The fraction of sp³-hybridized carbons (Fsp3) is 0. The molecule has 0 unspecified atom stereocenters. The molecule has 0 amide bonds. The fourth-order valence-corrected chi connectivity index (χ4v) is 5.87. The van der Waals surface area contributed by atoms with Gasteiger partial charge in [-0.15, -0.1) is 22.7 Å². The average molecular weight is 519 g/mol. The van der Waals surface area contributed by atoms with E-state index in [2.05, 4.69) is 9.97 Å². The van der Waals surface area contributed by atoms with Gasteiger partial charge in [0.15, 0.2) is 23.1 Å². The highest BCUT2D eigenvalue weighted by molar-refractivity contribution is 7.28. The minimum Gasteiger partial charge on any atom is -0.453 e. The molecule has 6 rings (SSSR count). The van der Waals surface area contributed by atoms with Gasteiger partial charge in [-0.25, -0.2) is 8.78 Å². The Kier molecular flexibility index (Phi) is 5.39. The SMILES string of the molecule is Nc1ccc(Oc2ccnc3cc(-c4cc5nccc(Oc6ccc(N)cc6F)c5s4)sc23)c(F)c1. The zero-order chi connectivity index (χ0) is 24.8. The zero-order valence-electron chi connectivity index (χ0n) is 18.4. The summed E-state index contributed by atoms with van der Waals surface area (Å²) in [5.74, 6) is 0.0441. The van der Waals surface area contributed by atoms with Gasteiger partial charge in [-0.2, -0.15) is 0 Å². The first kappa shape index (κ1) is 22.2. The largest absolute Gasteiger partial charge is 0.453 e. The van der Waals surface area contributed by atoms with Crippen LogP contribution in [0.25, 0.3) is 30.2 Å². The van der Waals surface area contributed by atoms with Gasteiger partial charge in [-0.05, 0) is 36.4 Å². The third-order valence-corrected chi connectivity index (χ3v) is 7.82. The van der Waals surface area contributed by atoms with Gasteiger partial charge in [0.2, 0.25) is 0 Å². The van der Waals surface area contributed by atoms with Crippen molar-refractivity contribution in [2.75, 3.05) is 11.5 Å². The third kappa shape index (κ3) is 4.06. The Hall–Kier alpha value is -4.28. The second-order valence-corrected chi connectivity index (χ2v) is 9.96. The van der Waals surface area contributed by atoms with Gasteiger partial charge in [-0.3, -0.25) is 9.97 Å². The summed E-state index contributed by atoms with van der Waals surface area (Å²) >= 11 is 2.94. The van der Waals surface area contributed by atoms with Crippen molar-refractivity contribution in [3.63, 3.8) is 0 Å². The van der Waals surface area contributed by atoms with Crippen molar-refractivity contribution in [3.05, 3.63) is 84.7 Å². The summed E-state index contributed by atoms with van der Waals surface area (Å²) in [5.41, 5.74) is 13.3. The lowest BCUT2D eigenvalue weighted by Gasteiger charge is -2.07. The van der Waals surface area contributed by atoms with Crippen LogP contribution in [0.2, 0.25) is 0 Å². The van der Waals surface area contributed by atoms with Crippen molar-refractivity contribution in [3.8, 4) is 32.8 Å². The van der Waals surface area contributed by atoms with Crippen LogP contribution in [0.5, 0.6) is 23.0 Å². The molecule has 4 N–H and O–H groups in total. The molecule has 0 spiro atoms. The smallest absolute Gasteiger partial charge is 0.167 e. The highest BCUT2D eigenvalue weighted by Crippen LogP contribution is 2.45. The predicted octanol–water partition coefficient (Wildman–Crippen LogP) is 7.60. The van der Waals surface area contributed by atoms with Crippen LogP contribution in [0.4, 0.5) is 20.2 Å². The molecule has 0 saturated heterocycles. The van der Waals surface area contributed by atoms with Crippen LogP contribution in [0.1, 0.15) is 0 Å². The number of rotatable bonds is 5. The highest BCUT2D eigenvalue weighted by Gasteiger charge is 2.17. The minimum atomic E-state index is -0.544. The number of fused-ring (bicyclic) bond motifs is 2. The molecule has 0 radical (unpaired) electrons. The van der Waals surface area contributed by atoms with Gasteiger partial charge >= 0.3 is 0 Å². The lowest BCUT2D eigenvalue weighted by Crippen LogP contribution is -1.91. The van der Waals surface area contributed by atoms with Crippen molar-refractivity contribution in [1.82, 2.24) is 9.97 Å². The molecule has 0 bridgehead atoms. The van der Waals surface area contributed by atoms with Crippen molar-refractivity contribution in [1.29, 1.82) is 0 Å². The number of anilines is 2. The molecule has 0 aliphatic carbocycles. The number of thiophene rings is 2. The van der Waals surface area contributed by atoms with Crippen LogP contribution in [-0.4, -0.2) is 9.97 Å². The number of halogens is 2. The summed E-state index contributed by atoms with van der Waals surface area (Å²) in [4.78, 5) is 10.7. The standard InChI is InChI=1S/C26H16F2N4O2S2/c27-15-9-13(29)1-3-19(15)33-21-5-7-31-17-11-23(35-25(17)21)24-12-18-26(36-24)22(6-8-32-18)34-20-4-2-14(30)10-16(20)28/h1-12H,29-30H2. The maximum absolute atomic E-state index is 14.3.